The molecule has 4 aliphatic rings. The zero-order chi connectivity index (χ0) is 76.2. The van der Waals surface area contributed by atoms with Gasteiger partial charge in [0.25, 0.3) is 13.7 Å². The normalized spacial score (nSPS) is 24.3. The molecule has 4 aromatic carbocycles. The maximum Gasteiger partial charge on any atom is 0.350 e. The summed E-state index contributed by atoms with van der Waals surface area (Å²) in [5.74, 6) is -8.48. The van der Waals surface area contributed by atoms with E-state index in [1.807, 2.05) is 45.4 Å². The fourth-order valence-electron chi connectivity index (χ4n) is 15.4. The van der Waals surface area contributed by atoms with Crippen molar-refractivity contribution in [3.05, 3.63) is 149 Å². The molecule has 0 aromatic heterocycles. The fraction of sp³-hybridized carbons (Fsp3) is 0.580. The number of nitrogens with one attached hydrogen (secondary N) is 2. The van der Waals surface area contributed by atoms with E-state index < -0.39 is 126 Å². The number of phosphoric acid groups is 1. The average Bonchev–Trinajstić information content (AvgIpc) is 0.669. The monoisotopic (exact) mass is 1480 g/mol. The summed E-state index contributed by atoms with van der Waals surface area (Å²) in [5, 5.41) is 32.3. The Morgan fingerprint density at radius 3 is 1.76 bits per heavy atom. The zero-order valence-corrected chi connectivity index (χ0v) is 63.5. The Hall–Kier alpha value is -7.47. The van der Waals surface area contributed by atoms with E-state index in [9.17, 15) is 48.4 Å². The lowest BCUT2D eigenvalue weighted by atomic mass is 9.44. The first-order chi connectivity index (χ1) is 49.9. The van der Waals surface area contributed by atoms with Crippen LogP contribution in [0.15, 0.2) is 126 Å². The second-order valence-electron chi connectivity index (χ2n) is 30.5. The molecule has 8 rings (SSSR count). The third-order valence-corrected chi connectivity index (χ3v) is 22.4. The van der Waals surface area contributed by atoms with Crippen LogP contribution in [0, 0.1) is 16.7 Å². The van der Waals surface area contributed by atoms with E-state index in [0.717, 1.165) is 57.9 Å². The summed E-state index contributed by atoms with van der Waals surface area (Å²) in [4.78, 5) is 127. The van der Waals surface area contributed by atoms with Crippen LogP contribution in [0.25, 0.3) is 0 Å². The molecule has 1 aliphatic heterocycles. The summed E-state index contributed by atoms with van der Waals surface area (Å²) < 4.78 is 59.8. The molecule has 3 aliphatic carbocycles. The number of carbonyl (C=O) groups excluding carboxylic acids is 8. The maximum atomic E-state index is 15.9. The number of aliphatic hydroxyl groups excluding tert-OH is 1. The van der Waals surface area contributed by atoms with Gasteiger partial charge in [0.2, 0.25) is 12.0 Å². The van der Waals surface area contributed by atoms with Gasteiger partial charge < -0.3 is 67.7 Å². The molecule has 3 fully saturated rings. The number of aliphatic hydroxyl groups is 2. The summed E-state index contributed by atoms with van der Waals surface area (Å²) in [6.45, 7) is 8.72. The Kier molecular flexibility index (Phi) is 30.0. The van der Waals surface area contributed by atoms with Gasteiger partial charge in [-0.15, -0.1) is 0 Å². The molecule has 12 atom stereocenters. The molecule has 1 heterocycles. The Labute approximate surface area is 618 Å². The first kappa shape index (κ1) is 83.2. The van der Waals surface area contributed by atoms with Gasteiger partial charge >= 0.3 is 29.8 Å². The van der Waals surface area contributed by atoms with Gasteiger partial charge in [-0.2, -0.15) is 0 Å². The standard InChI is InChI=1S/C81H110N3O20P/c1-55-63(53-81(94)74(103-76(92)61-41-32-26-33-42-61)72-79(6,64(87)52-65-80(72,54-97-65)104-57(3)86)73(90)70(100-56(2)85)68(55)78(81,4)5)101-77(93)71(69(59-37-28-24-29-38-59)83-75(91)60-39-30-25-31-40-60)102-67(89)44-35-43-66(88)82-62-47-45-58(46-48-62)36-27-22-20-18-16-14-12-10-11-13-15-17-19-21-23-34-50-98-105(95,96)99-51-49-84(7,8)9/h24-26,28-33,37-42,45-48,63-65,69-72,74,87,94H,10-23,27,34-36,43-44,49-54H2,1-9H3,(H2-,82,83,88,91,95,96)/t63-,64-,65+,69-,70+,71+,72-,74-,79+,80-,81+/m0/s1. The van der Waals surface area contributed by atoms with Crippen LogP contribution < -0.4 is 15.5 Å². The number of fused-ring (bicyclic) bond motifs is 5. The molecule has 0 radical (unpaired) electrons. The number of carbonyl (C=O) groups is 8. The molecular formula is C81H110N3O20P. The molecule has 4 aromatic rings. The van der Waals surface area contributed by atoms with Crippen LogP contribution in [0.3, 0.4) is 0 Å². The fourth-order valence-corrected chi connectivity index (χ4v) is 16.1. The molecule has 1 saturated heterocycles. The SMILES string of the molecule is CC(=O)O[C@H]1C(=O)[C@@]2(C)[C@H]([C@H](OC(=O)c3ccccc3)[C@]3(O)C[C@H](OC(=O)[C@H](OC(=O)CCCC(=O)Nc4ccc(CCCCCCCCCCCCCCCCCCOP(=O)([O-])OCC[N+](C)(C)C)cc4)[C@@H](NC(=O)c4ccccc4)c4ccccc4)C(C)=C1C3(C)C)[C@]1(OC(C)=O)CO[C@@H]1C[C@@H]2O. The van der Waals surface area contributed by atoms with Crippen molar-refractivity contribution in [3.8, 4) is 0 Å². The highest BCUT2D eigenvalue weighted by molar-refractivity contribution is 7.45. The van der Waals surface area contributed by atoms with Gasteiger partial charge in [-0.1, -0.05) is 183 Å². The number of esters is 5. The molecule has 2 bridgehead atoms. The van der Waals surface area contributed by atoms with Gasteiger partial charge in [-0.05, 0) is 98.2 Å². The Balaban J connectivity index is 0.879. The van der Waals surface area contributed by atoms with Crippen LogP contribution in [-0.2, 0) is 77.2 Å². The van der Waals surface area contributed by atoms with Crippen molar-refractivity contribution >= 4 is 61.0 Å². The lowest BCUT2D eigenvalue weighted by molar-refractivity contribution is -0.870. The minimum atomic E-state index is -4.24. The highest BCUT2D eigenvalue weighted by atomic mass is 31.2. The maximum absolute atomic E-state index is 15.9. The van der Waals surface area contributed by atoms with Crippen molar-refractivity contribution in [1.29, 1.82) is 0 Å². The predicted molar refractivity (Wildman–Crippen MR) is 390 cm³/mol. The number of phosphoric ester groups is 1. The first-order valence-electron chi connectivity index (χ1n) is 37.4. The number of nitrogens with zero attached hydrogens (tertiary/aromatic N) is 1. The minimum Gasteiger partial charge on any atom is -0.756 e. The Bertz CT molecular complexity index is 3660. The number of likely N-dealkylation sites (N-methyl/N-ethyl adjacent to an activating group) is 1. The number of hydrogen-bond donors (Lipinski definition) is 4. The lowest BCUT2D eigenvalue weighted by Gasteiger charge is -2.67. The van der Waals surface area contributed by atoms with Crippen LogP contribution >= 0.6 is 7.82 Å². The van der Waals surface area contributed by atoms with Crippen LogP contribution in [0.5, 0.6) is 0 Å². The second kappa shape index (κ2) is 37.9. The molecule has 24 heteroatoms. The number of ether oxygens (including phenoxy) is 6. The molecular weight excluding hydrogens is 1370 g/mol. The quantitative estimate of drug-likeness (QED) is 0.00803. The van der Waals surface area contributed by atoms with E-state index in [2.05, 4.69) is 10.6 Å². The second-order valence-corrected chi connectivity index (χ2v) is 31.9. The van der Waals surface area contributed by atoms with Crippen LogP contribution in [0.1, 0.15) is 214 Å². The van der Waals surface area contributed by atoms with E-state index >= 15 is 9.59 Å². The molecule has 2 amide bonds. The summed E-state index contributed by atoms with van der Waals surface area (Å²) >= 11 is 0. The van der Waals surface area contributed by atoms with Crippen LogP contribution in [0.4, 0.5) is 5.69 Å². The minimum absolute atomic E-state index is 0.0217. The molecule has 2 saturated carbocycles. The number of amides is 2. The summed E-state index contributed by atoms with van der Waals surface area (Å²) in [5.41, 5.74) is -5.94. The highest BCUT2D eigenvalue weighted by Gasteiger charge is 2.78. The van der Waals surface area contributed by atoms with Crippen molar-refractivity contribution in [1.82, 2.24) is 5.32 Å². The number of hydrogen-bond acceptors (Lipinski definition) is 20. The van der Waals surface area contributed by atoms with E-state index in [1.165, 1.54) is 90.2 Å². The number of benzene rings is 4. The van der Waals surface area contributed by atoms with Gasteiger partial charge in [0.15, 0.2) is 17.5 Å². The number of unbranched alkanes of at least 4 members (excludes halogenated alkanes) is 15. The van der Waals surface area contributed by atoms with Gasteiger partial charge in [0.1, 0.15) is 43.1 Å². The van der Waals surface area contributed by atoms with E-state index in [-0.39, 0.29) is 73.7 Å². The Morgan fingerprint density at radius 1 is 0.676 bits per heavy atom. The van der Waals surface area contributed by atoms with Crippen molar-refractivity contribution in [2.45, 2.75) is 237 Å². The number of anilines is 1. The van der Waals surface area contributed by atoms with E-state index in [4.69, 9.17) is 37.5 Å². The first-order valence-corrected chi connectivity index (χ1v) is 38.9. The Morgan fingerprint density at radius 2 is 1.22 bits per heavy atom. The largest absolute Gasteiger partial charge is 0.756 e. The molecule has 4 N–H and O–H groups in total. The number of rotatable bonds is 40. The number of quaternary nitrogens is 1. The average molecular weight is 1480 g/mol. The molecule has 105 heavy (non-hydrogen) atoms. The van der Waals surface area contributed by atoms with Crippen LogP contribution in [0.2, 0.25) is 0 Å². The number of Topliss-reactive ketones (excluding diaryl/α,β-unsaturated/α-hetero) is 1. The third kappa shape index (κ3) is 21.9. The van der Waals surface area contributed by atoms with Gasteiger partial charge in [0.05, 0.1) is 57.4 Å². The van der Waals surface area contributed by atoms with Crippen LogP contribution in [-0.4, -0.2) is 157 Å². The number of aryl methyl sites for hydroxylation is 1. The smallest absolute Gasteiger partial charge is 0.350 e. The van der Waals surface area contributed by atoms with E-state index in [0.29, 0.717) is 28.7 Å². The molecule has 574 valence electrons. The number of ketones is 1. The van der Waals surface area contributed by atoms with Crippen molar-refractivity contribution in [2.75, 3.05) is 52.8 Å². The summed E-state index contributed by atoms with van der Waals surface area (Å²) in [7, 11) is 1.68. The van der Waals surface area contributed by atoms with E-state index in [1.54, 1.807) is 92.7 Å². The zero-order valence-electron chi connectivity index (χ0n) is 62.6. The van der Waals surface area contributed by atoms with Gasteiger partial charge in [-0.25, -0.2) is 9.59 Å². The predicted octanol–water partition coefficient (Wildman–Crippen LogP) is 12.1. The molecule has 0 spiro atoms. The highest BCUT2D eigenvalue weighted by Crippen LogP contribution is 2.64. The molecule has 23 nitrogen and oxygen atoms in total. The summed E-state index contributed by atoms with van der Waals surface area (Å²) in [6.07, 6.45) is 7.71. The summed E-state index contributed by atoms with van der Waals surface area (Å²) in [6, 6.07) is 30.4. The van der Waals surface area contributed by atoms with Gasteiger partial charge in [0, 0.05) is 56.2 Å². The van der Waals surface area contributed by atoms with Crippen molar-refractivity contribution in [2.24, 2.45) is 16.7 Å². The topological polar surface area (TPSA) is 315 Å². The van der Waals surface area contributed by atoms with Gasteiger partial charge in [-0.3, -0.25) is 33.3 Å². The van der Waals surface area contributed by atoms with Crippen molar-refractivity contribution in [3.63, 3.8) is 0 Å². The molecule has 1 unspecified atom stereocenters. The van der Waals surface area contributed by atoms with Crippen molar-refractivity contribution < 1.29 is 100.0 Å². The third-order valence-electron chi connectivity index (χ3n) is 21.4. The lowest BCUT2D eigenvalue weighted by Crippen LogP contribution is -2.82.